The maximum absolute atomic E-state index is 11.2. The Hall–Kier alpha value is -1.84. The van der Waals surface area contributed by atoms with Gasteiger partial charge in [-0.15, -0.1) is 0 Å². The first kappa shape index (κ1) is 18.9. The summed E-state index contributed by atoms with van der Waals surface area (Å²) in [6.45, 7) is 7.21. The Morgan fingerprint density at radius 3 is 2.15 bits per heavy atom. The molecule has 0 aliphatic carbocycles. The molecule has 0 unspecified atom stereocenters. The van der Waals surface area contributed by atoms with Crippen LogP contribution >= 0.6 is 0 Å². The van der Waals surface area contributed by atoms with Crippen molar-refractivity contribution in [3.05, 3.63) is 65.7 Å². The van der Waals surface area contributed by atoms with Crippen LogP contribution in [0.25, 0.3) is 0 Å². The van der Waals surface area contributed by atoms with Crippen molar-refractivity contribution in [3.8, 4) is 5.75 Å². The van der Waals surface area contributed by atoms with Gasteiger partial charge in [-0.2, -0.15) is 0 Å². The summed E-state index contributed by atoms with van der Waals surface area (Å²) in [5, 5.41) is 11.2. The number of piperidine rings is 1. The van der Waals surface area contributed by atoms with Crippen LogP contribution in [0.5, 0.6) is 5.75 Å². The van der Waals surface area contributed by atoms with Crippen LogP contribution < -0.4 is 4.74 Å². The van der Waals surface area contributed by atoms with Gasteiger partial charge < -0.3 is 14.7 Å². The SMILES string of the molecule is CC(C)Oc1ccc([C@H](O)[C@H](CN2CCCCC2)c2ccccc2)cc1. The third-order valence-electron chi connectivity index (χ3n) is 5.11. The number of aliphatic hydroxyl groups is 1. The van der Waals surface area contributed by atoms with Gasteiger partial charge in [0.1, 0.15) is 5.75 Å². The van der Waals surface area contributed by atoms with E-state index in [1.54, 1.807) is 0 Å². The summed E-state index contributed by atoms with van der Waals surface area (Å²) in [5.74, 6) is 0.925. The molecule has 1 aliphatic heterocycles. The minimum absolute atomic E-state index is 0.0752. The average molecular weight is 354 g/mol. The first-order chi connectivity index (χ1) is 12.6. The van der Waals surface area contributed by atoms with Crippen molar-refractivity contribution < 1.29 is 9.84 Å². The van der Waals surface area contributed by atoms with E-state index >= 15 is 0 Å². The summed E-state index contributed by atoms with van der Waals surface area (Å²) in [6, 6.07) is 18.3. The molecule has 0 spiro atoms. The normalized spacial score (nSPS) is 17.8. The topological polar surface area (TPSA) is 32.7 Å². The van der Waals surface area contributed by atoms with Crippen LogP contribution in [-0.2, 0) is 0 Å². The summed E-state index contributed by atoms with van der Waals surface area (Å²) in [7, 11) is 0. The van der Waals surface area contributed by atoms with Crippen molar-refractivity contribution in [2.75, 3.05) is 19.6 Å². The molecule has 140 valence electrons. The Bertz CT molecular complexity index is 648. The molecule has 1 aliphatic rings. The van der Waals surface area contributed by atoms with E-state index in [-0.39, 0.29) is 12.0 Å². The predicted molar refractivity (Wildman–Crippen MR) is 107 cm³/mol. The second-order valence-corrected chi connectivity index (χ2v) is 7.56. The predicted octanol–water partition coefficient (Wildman–Crippen LogP) is 4.78. The number of hydrogen-bond donors (Lipinski definition) is 1. The quantitative estimate of drug-likeness (QED) is 0.778. The van der Waals surface area contributed by atoms with Gasteiger partial charge in [0, 0.05) is 12.5 Å². The minimum atomic E-state index is -0.521. The monoisotopic (exact) mass is 353 g/mol. The molecule has 1 saturated heterocycles. The second-order valence-electron chi connectivity index (χ2n) is 7.56. The molecular formula is C23H31NO2. The Labute approximate surface area is 157 Å². The second kappa shape index (κ2) is 9.20. The standard InChI is InChI=1S/C23H31NO2/c1-18(2)26-21-13-11-20(12-14-21)23(25)22(19-9-5-3-6-10-19)17-24-15-7-4-8-16-24/h3,5-6,9-14,18,22-23,25H,4,7-8,15-17H2,1-2H3/t22-,23+/m1/s1. The lowest BCUT2D eigenvalue weighted by molar-refractivity contribution is 0.109. The van der Waals surface area contributed by atoms with E-state index in [2.05, 4.69) is 29.2 Å². The molecule has 2 aromatic carbocycles. The van der Waals surface area contributed by atoms with Crippen LogP contribution in [-0.4, -0.2) is 35.7 Å². The van der Waals surface area contributed by atoms with E-state index in [4.69, 9.17) is 4.74 Å². The summed E-state index contributed by atoms with van der Waals surface area (Å²) in [6.07, 6.45) is 3.48. The van der Waals surface area contributed by atoms with Crippen molar-refractivity contribution in [1.29, 1.82) is 0 Å². The van der Waals surface area contributed by atoms with Crippen molar-refractivity contribution in [2.45, 2.75) is 51.2 Å². The Morgan fingerprint density at radius 1 is 0.885 bits per heavy atom. The fraction of sp³-hybridized carbons (Fsp3) is 0.478. The largest absolute Gasteiger partial charge is 0.491 e. The summed E-state index contributed by atoms with van der Waals surface area (Å²) >= 11 is 0. The number of hydrogen-bond acceptors (Lipinski definition) is 3. The van der Waals surface area contributed by atoms with Crippen LogP contribution in [0.15, 0.2) is 54.6 Å². The molecule has 2 atom stereocenters. The fourth-order valence-electron chi connectivity index (χ4n) is 3.76. The van der Waals surface area contributed by atoms with Crippen LogP contribution in [0.1, 0.15) is 56.3 Å². The van der Waals surface area contributed by atoms with Crippen LogP contribution in [0.2, 0.25) is 0 Å². The van der Waals surface area contributed by atoms with Gasteiger partial charge in [-0.25, -0.2) is 0 Å². The van der Waals surface area contributed by atoms with Gasteiger partial charge >= 0.3 is 0 Å². The van der Waals surface area contributed by atoms with E-state index in [1.165, 1.54) is 24.8 Å². The van der Waals surface area contributed by atoms with Gasteiger partial charge in [0.2, 0.25) is 0 Å². The summed E-state index contributed by atoms with van der Waals surface area (Å²) in [5.41, 5.74) is 2.15. The van der Waals surface area contributed by atoms with E-state index in [9.17, 15) is 5.11 Å². The zero-order valence-corrected chi connectivity index (χ0v) is 16.0. The molecule has 0 bridgehead atoms. The molecule has 0 aromatic heterocycles. The minimum Gasteiger partial charge on any atom is -0.491 e. The molecule has 0 amide bonds. The Balaban J connectivity index is 1.78. The summed E-state index contributed by atoms with van der Waals surface area (Å²) < 4.78 is 5.73. The molecule has 0 saturated carbocycles. The molecule has 2 aromatic rings. The third-order valence-corrected chi connectivity index (χ3v) is 5.11. The van der Waals surface area contributed by atoms with Crippen LogP contribution in [0.4, 0.5) is 0 Å². The lowest BCUT2D eigenvalue weighted by Crippen LogP contribution is -2.35. The van der Waals surface area contributed by atoms with Crippen molar-refractivity contribution in [1.82, 2.24) is 4.90 Å². The molecule has 3 nitrogen and oxygen atoms in total. The molecule has 3 rings (SSSR count). The number of rotatable bonds is 7. The molecule has 26 heavy (non-hydrogen) atoms. The lowest BCUT2D eigenvalue weighted by atomic mass is 9.88. The van der Waals surface area contributed by atoms with Gasteiger partial charge in [-0.3, -0.25) is 0 Å². The number of likely N-dealkylation sites (tertiary alicyclic amines) is 1. The highest BCUT2D eigenvalue weighted by Crippen LogP contribution is 2.33. The van der Waals surface area contributed by atoms with E-state index in [0.717, 1.165) is 30.9 Å². The summed E-state index contributed by atoms with van der Waals surface area (Å²) in [4.78, 5) is 2.50. The molecule has 1 fully saturated rings. The average Bonchev–Trinajstić information content (AvgIpc) is 2.67. The van der Waals surface area contributed by atoms with Crippen LogP contribution in [0, 0.1) is 0 Å². The molecular weight excluding hydrogens is 322 g/mol. The highest BCUT2D eigenvalue weighted by Gasteiger charge is 2.26. The van der Waals surface area contributed by atoms with E-state index in [1.807, 2.05) is 44.2 Å². The lowest BCUT2D eigenvalue weighted by Gasteiger charge is -2.33. The number of benzene rings is 2. The van der Waals surface area contributed by atoms with Gasteiger partial charge in [0.05, 0.1) is 12.2 Å². The van der Waals surface area contributed by atoms with Crippen LogP contribution in [0.3, 0.4) is 0 Å². The first-order valence-corrected chi connectivity index (χ1v) is 9.85. The zero-order valence-electron chi connectivity index (χ0n) is 16.0. The first-order valence-electron chi connectivity index (χ1n) is 9.85. The molecule has 1 heterocycles. The van der Waals surface area contributed by atoms with Crippen molar-refractivity contribution >= 4 is 0 Å². The van der Waals surface area contributed by atoms with E-state index in [0.29, 0.717) is 0 Å². The van der Waals surface area contributed by atoms with Gasteiger partial charge in [-0.05, 0) is 63.0 Å². The maximum Gasteiger partial charge on any atom is 0.119 e. The molecule has 0 radical (unpaired) electrons. The Kier molecular flexibility index (Phi) is 6.70. The van der Waals surface area contributed by atoms with Gasteiger partial charge in [0.25, 0.3) is 0 Å². The maximum atomic E-state index is 11.2. The smallest absolute Gasteiger partial charge is 0.119 e. The highest BCUT2D eigenvalue weighted by atomic mass is 16.5. The van der Waals surface area contributed by atoms with Gasteiger partial charge in [0.15, 0.2) is 0 Å². The molecule has 3 heteroatoms. The van der Waals surface area contributed by atoms with Crippen molar-refractivity contribution in [2.24, 2.45) is 0 Å². The molecule has 1 N–H and O–H groups in total. The fourth-order valence-corrected chi connectivity index (χ4v) is 3.76. The van der Waals surface area contributed by atoms with Crippen molar-refractivity contribution in [3.63, 3.8) is 0 Å². The Morgan fingerprint density at radius 2 is 1.54 bits per heavy atom. The third kappa shape index (κ3) is 5.09. The highest BCUT2D eigenvalue weighted by molar-refractivity contribution is 5.32. The van der Waals surface area contributed by atoms with E-state index < -0.39 is 6.10 Å². The van der Waals surface area contributed by atoms with Gasteiger partial charge in [-0.1, -0.05) is 48.9 Å². The number of ether oxygens (including phenoxy) is 1. The zero-order chi connectivity index (χ0) is 18.4. The number of aliphatic hydroxyl groups excluding tert-OH is 1. The number of nitrogens with zero attached hydrogens (tertiary/aromatic N) is 1.